The molecule has 3 nitrogen and oxygen atoms in total. The summed E-state index contributed by atoms with van der Waals surface area (Å²) in [5.41, 5.74) is 1.16. The highest BCUT2D eigenvalue weighted by Gasteiger charge is 2.12. The van der Waals surface area contributed by atoms with E-state index in [0.29, 0.717) is 5.75 Å². The van der Waals surface area contributed by atoms with Crippen molar-refractivity contribution >= 4 is 10.8 Å². The molecule has 1 aromatic carbocycles. The largest absolute Gasteiger partial charge is 0.355 e. The molecular weight excluding hydrogens is 212 g/mol. The van der Waals surface area contributed by atoms with Gasteiger partial charge in [-0.05, 0) is 19.1 Å². The molecule has 1 unspecified atom stereocenters. The highest BCUT2D eigenvalue weighted by atomic mass is 32.2. The second-order valence-corrected chi connectivity index (χ2v) is 4.72. The van der Waals surface area contributed by atoms with E-state index in [4.69, 9.17) is 9.47 Å². The van der Waals surface area contributed by atoms with E-state index in [1.54, 1.807) is 14.2 Å². The lowest BCUT2D eigenvalue weighted by molar-refractivity contribution is -0.0847. The van der Waals surface area contributed by atoms with Gasteiger partial charge >= 0.3 is 0 Å². The van der Waals surface area contributed by atoms with E-state index < -0.39 is 17.1 Å². The average molecular weight is 228 g/mol. The van der Waals surface area contributed by atoms with Gasteiger partial charge in [-0.2, -0.15) is 0 Å². The van der Waals surface area contributed by atoms with E-state index in [2.05, 4.69) is 0 Å². The van der Waals surface area contributed by atoms with Crippen molar-refractivity contribution in [3.8, 4) is 0 Å². The third-order valence-corrected chi connectivity index (χ3v) is 3.47. The van der Waals surface area contributed by atoms with Gasteiger partial charge in [0, 0.05) is 19.1 Å². The molecule has 0 amide bonds. The number of methoxy groups -OCH3 is 2. The monoisotopic (exact) mass is 228 g/mol. The molecule has 0 saturated heterocycles. The summed E-state index contributed by atoms with van der Waals surface area (Å²) in [5, 5.41) is 0. The Morgan fingerprint density at radius 1 is 1.20 bits per heavy atom. The highest BCUT2D eigenvalue weighted by molar-refractivity contribution is 7.85. The third kappa shape index (κ3) is 3.74. The Labute approximate surface area is 92.9 Å². The lowest BCUT2D eigenvalue weighted by Gasteiger charge is -2.12. The first-order chi connectivity index (χ1) is 7.17. The van der Waals surface area contributed by atoms with Crippen LogP contribution >= 0.6 is 0 Å². The van der Waals surface area contributed by atoms with Gasteiger partial charge < -0.3 is 9.47 Å². The first-order valence-corrected chi connectivity index (χ1v) is 6.00. The van der Waals surface area contributed by atoms with E-state index >= 15 is 0 Å². The first-order valence-electron chi connectivity index (χ1n) is 4.68. The Morgan fingerprint density at radius 3 is 2.20 bits per heavy atom. The molecule has 0 bridgehead atoms. The van der Waals surface area contributed by atoms with Crippen LogP contribution in [0.15, 0.2) is 29.2 Å². The van der Waals surface area contributed by atoms with E-state index in [0.717, 1.165) is 10.5 Å². The lowest BCUT2D eigenvalue weighted by Crippen LogP contribution is -2.21. The highest BCUT2D eigenvalue weighted by Crippen LogP contribution is 2.10. The molecule has 0 spiro atoms. The molecule has 4 heteroatoms. The SMILES string of the molecule is COC(CS(=O)c1ccc(C)cc1)OC. The molecule has 0 aliphatic carbocycles. The van der Waals surface area contributed by atoms with Crippen LogP contribution in [0.2, 0.25) is 0 Å². The van der Waals surface area contributed by atoms with Crippen molar-refractivity contribution in [2.45, 2.75) is 18.1 Å². The number of ether oxygens (including phenoxy) is 2. The van der Waals surface area contributed by atoms with Crippen molar-refractivity contribution in [2.75, 3.05) is 20.0 Å². The van der Waals surface area contributed by atoms with Crippen molar-refractivity contribution in [1.82, 2.24) is 0 Å². The van der Waals surface area contributed by atoms with Gasteiger partial charge in [-0.15, -0.1) is 0 Å². The maximum atomic E-state index is 11.8. The van der Waals surface area contributed by atoms with Gasteiger partial charge in [-0.25, -0.2) is 0 Å². The van der Waals surface area contributed by atoms with Gasteiger partial charge in [0.25, 0.3) is 0 Å². The van der Waals surface area contributed by atoms with Crippen molar-refractivity contribution in [1.29, 1.82) is 0 Å². The summed E-state index contributed by atoms with van der Waals surface area (Å²) >= 11 is 0. The summed E-state index contributed by atoms with van der Waals surface area (Å²) in [7, 11) is 2.01. The predicted octanol–water partition coefficient (Wildman–Crippen LogP) is 1.72. The summed E-state index contributed by atoms with van der Waals surface area (Å²) in [4.78, 5) is 0.805. The summed E-state index contributed by atoms with van der Waals surface area (Å²) in [6, 6.07) is 7.63. The molecule has 0 aliphatic heterocycles. The fourth-order valence-electron chi connectivity index (χ4n) is 1.14. The molecule has 0 aromatic heterocycles. The standard InChI is InChI=1S/C11H16O3S/c1-9-4-6-10(7-5-9)15(12)8-11(13-2)14-3/h4-7,11H,8H2,1-3H3. The van der Waals surface area contributed by atoms with Gasteiger partial charge in [0.2, 0.25) is 0 Å². The lowest BCUT2D eigenvalue weighted by atomic mass is 10.2. The minimum absolute atomic E-state index is 0.357. The predicted molar refractivity (Wildman–Crippen MR) is 60.3 cm³/mol. The zero-order chi connectivity index (χ0) is 11.3. The number of benzene rings is 1. The van der Waals surface area contributed by atoms with Crippen molar-refractivity contribution in [3.63, 3.8) is 0 Å². The van der Waals surface area contributed by atoms with Gasteiger partial charge in [0.05, 0.1) is 16.6 Å². The molecule has 1 atom stereocenters. The fraction of sp³-hybridized carbons (Fsp3) is 0.455. The minimum atomic E-state index is -1.07. The fourth-order valence-corrected chi connectivity index (χ4v) is 2.29. The van der Waals surface area contributed by atoms with Crippen LogP contribution in [0, 0.1) is 6.92 Å². The number of aryl methyl sites for hydroxylation is 1. The van der Waals surface area contributed by atoms with Crippen LogP contribution in [-0.2, 0) is 20.3 Å². The van der Waals surface area contributed by atoms with Crippen LogP contribution < -0.4 is 0 Å². The molecular formula is C11H16O3S. The van der Waals surface area contributed by atoms with Crippen molar-refractivity contribution in [2.24, 2.45) is 0 Å². The summed E-state index contributed by atoms with van der Waals surface area (Å²) < 4.78 is 21.8. The second-order valence-electron chi connectivity index (χ2n) is 3.23. The van der Waals surface area contributed by atoms with Crippen LogP contribution in [0.1, 0.15) is 5.56 Å². The molecule has 1 aromatic rings. The molecule has 0 aliphatic rings. The Bertz CT molecular complexity index is 317. The quantitative estimate of drug-likeness (QED) is 0.720. The van der Waals surface area contributed by atoms with Gasteiger partial charge in [-0.3, -0.25) is 4.21 Å². The first kappa shape index (κ1) is 12.4. The number of rotatable bonds is 5. The Morgan fingerprint density at radius 2 is 1.73 bits per heavy atom. The smallest absolute Gasteiger partial charge is 0.168 e. The van der Waals surface area contributed by atoms with E-state index in [9.17, 15) is 4.21 Å². The van der Waals surface area contributed by atoms with Crippen LogP contribution in [0.4, 0.5) is 0 Å². The van der Waals surface area contributed by atoms with Gasteiger partial charge in [0.1, 0.15) is 0 Å². The van der Waals surface area contributed by atoms with Crippen molar-refractivity contribution in [3.05, 3.63) is 29.8 Å². The summed E-state index contributed by atoms with van der Waals surface area (Å²) in [5.74, 6) is 0.357. The topological polar surface area (TPSA) is 35.5 Å². The second kappa shape index (κ2) is 6.00. The Balaban J connectivity index is 2.64. The Hall–Kier alpha value is -0.710. The molecule has 15 heavy (non-hydrogen) atoms. The zero-order valence-corrected chi connectivity index (χ0v) is 10.0. The molecule has 84 valence electrons. The molecule has 0 fully saturated rings. The molecule has 0 radical (unpaired) electrons. The van der Waals surface area contributed by atoms with Crippen LogP contribution in [0.3, 0.4) is 0 Å². The van der Waals surface area contributed by atoms with Gasteiger partial charge in [0.15, 0.2) is 6.29 Å². The molecule has 0 heterocycles. The molecule has 0 N–H and O–H groups in total. The van der Waals surface area contributed by atoms with E-state index in [-0.39, 0.29) is 0 Å². The van der Waals surface area contributed by atoms with E-state index in [1.165, 1.54) is 0 Å². The number of hydrogen-bond donors (Lipinski definition) is 0. The zero-order valence-electron chi connectivity index (χ0n) is 9.23. The van der Waals surface area contributed by atoms with Gasteiger partial charge in [-0.1, -0.05) is 17.7 Å². The normalized spacial score (nSPS) is 13.1. The Kier molecular flexibility index (Phi) is 4.94. The van der Waals surface area contributed by atoms with Crippen LogP contribution in [0.5, 0.6) is 0 Å². The van der Waals surface area contributed by atoms with Crippen molar-refractivity contribution < 1.29 is 13.7 Å². The maximum absolute atomic E-state index is 11.8. The summed E-state index contributed by atoms with van der Waals surface area (Å²) in [6.45, 7) is 2.00. The molecule has 0 saturated carbocycles. The average Bonchev–Trinajstić information content (AvgIpc) is 2.26. The summed E-state index contributed by atoms with van der Waals surface area (Å²) in [6.07, 6.45) is -0.410. The van der Waals surface area contributed by atoms with Crippen LogP contribution in [-0.4, -0.2) is 30.5 Å². The van der Waals surface area contributed by atoms with Crippen LogP contribution in [0.25, 0.3) is 0 Å². The van der Waals surface area contributed by atoms with E-state index in [1.807, 2.05) is 31.2 Å². The maximum Gasteiger partial charge on any atom is 0.168 e. The number of hydrogen-bond acceptors (Lipinski definition) is 3. The molecule has 1 rings (SSSR count). The minimum Gasteiger partial charge on any atom is -0.355 e. The third-order valence-electron chi connectivity index (χ3n) is 2.10.